The van der Waals surface area contributed by atoms with Crippen molar-refractivity contribution in [2.24, 2.45) is 0 Å². The standard InChI is InChI=1S/C26H25NO4/c28-25(29)16-19(15-14-18-8-2-1-3-9-18)27-26(30)31-17-24-22-12-6-4-10-20(22)21-11-5-7-13-23(21)24/h1-13,19,24H,14-17H2,(H,27,30)(H,28,29)/t19-/m1/s1. The van der Waals surface area contributed by atoms with Crippen molar-refractivity contribution in [1.82, 2.24) is 5.32 Å². The number of aliphatic carboxylic acids is 1. The summed E-state index contributed by atoms with van der Waals surface area (Å²) in [7, 11) is 0. The van der Waals surface area contributed by atoms with Crippen LogP contribution >= 0.6 is 0 Å². The van der Waals surface area contributed by atoms with Gasteiger partial charge in [-0.2, -0.15) is 0 Å². The highest BCUT2D eigenvalue weighted by molar-refractivity contribution is 5.79. The summed E-state index contributed by atoms with van der Waals surface area (Å²) in [5.41, 5.74) is 5.72. The molecule has 0 spiro atoms. The molecule has 3 aromatic carbocycles. The largest absolute Gasteiger partial charge is 0.481 e. The van der Waals surface area contributed by atoms with Crippen molar-refractivity contribution in [3.8, 4) is 11.1 Å². The minimum Gasteiger partial charge on any atom is -0.481 e. The van der Waals surface area contributed by atoms with Gasteiger partial charge in [0.2, 0.25) is 0 Å². The van der Waals surface area contributed by atoms with E-state index in [2.05, 4.69) is 29.6 Å². The first kappa shape index (κ1) is 20.7. The van der Waals surface area contributed by atoms with E-state index in [0.29, 0.717) is 12.8 Å². The van der Waals surface area contributed by atoms with Crippen LogP contribution in [0.15, 0.2) is 78.9 Å². The third kappa shape index (κ3) is 4.94. The van der Waals surface area contributed by atoms with E-state index in [1.807, 2.05) is 54.6 Å². The molecule has 5 heteroatoms. The second-order valence-electron chi connectivity index (χ2n) is 7.79. The number of ether oxygens (including phenoxy) is 1. The number of aryl methyl sites for hydroxylation is 1. The van der Waals surface area contributed by atoms with Gasteiger partial charge >= 0.3 is 12.1 Å². The molecule has 0 radical (unpaired) electrons. The molecular formula is C26H25NO4. The van der Waals surface area contributed by atoms with Gasteiger partial charge in [0, 0.05) is 12.0 Å². The van der Waals surface area contributed by atoms with Crippen LogP contribution in [0, 0.1) is 0 Å². The molecule has 0 aliphatic heterocycles. The Kier molecular flexibility index (Phi) is 6.32. The Balaban J connectivity index is 1.38. The number of benzene rings is 3. The van der Waals surface area contributed by atoms with Gasteiger partial charge in [-0.05, 0) is 40.7 Å². The third-order valence-corrected chi connectivity index (χ3v) is 5.71. The highest BCUT2D eigenvalue weighted by Gasteiger charge is 2.29. The summed E-state index contributed by atoms with van der Waals surface area (Å²) in [4.78, 5) is 23.8. The Bertz CT molecular complexity index is 1020. The molecule has 1 amide bonds. The number of carboxylic acid groups (broad SMARTS) is 1. The van der Waals surface area contributed by atoms with Crippen LogP contribution in [-0.2, 0) is 16.0 Å². The molecule has 0 heterocycles. The summed E-state index contributed by atoms with van der Waals surface area (Å²) in [5.74, 6) is -0.975. The molecule has 0 aromatic heterocycles. The Morgan fingerprint density at radius 1 is 0.871 bits per heavy atom. The number of carbonyl (C=O) groups is 2. The lowest BCUT2D eigenvalue weighted by atomic mass is 9.98. The van der Waals surface area contributed by atoms with Crippen LogP contribution in [0.1, 0.15) is 35.4 Å². The molecule has 4 rings (SSSR count). The van der Waals surface area contributed by atoms with Gasteiger partial charge in [0.15, 0.2) is 0 Å². The van der Waals surface area contributed by atoms with E-state index >= 15 is 0 Å². The molecular weight excluding hydrogens is 390 g/mol. The molecule has 5 nitrogen and oxygen atoms in total. The van der Waals surface area contributed by atoms with Gasteiger partial charge in [0.1, 0.15) is 6.61 Å². The van der Waals surface area contributed by atoms with Gasteiger partial charge in [-0.15, -0.1) is 0 Å². The van der Waals surface area contributed by atoms with Crippen LogP contribution in [0.25, 0.3) is 11.1 Å². The number of carbonyl (C=O) groups excluding carboxylic acids is 1. The summed E-state index contributed by atoms with van der Waals surface area (Å²) in [6.07, 6.45) is 0.487. The molecule has 1 aliphatic carbocycles. The molecule has 158 valence electrons. The zero-order valence-corrected chi connectivity index (χ0v) is 17.2. The van der Waals surface area contributed by atoms with Gasteiger partial charge in [0.05, 0.1) is 6.42 Å². The fraction of sp³-hybridized carbons (Fsp3) is 0.231. The highest BCUT2D eigenvalue weighted by atomic mass is 16.5. The molecule has 0 bridgehead atoms. The summed E-state index contributed by atoms with van der Waals surface area (Å²) >= 11 is 0. The molecule has 0 saturated carbocycles. The van der Waals surface area contributed by atoms with Crippen molar-refractivity contribution in [2.75, 3.05) is 6.61 Å². The summed E-state index contributed by atoms with van der Waals surface area (Å²) in [6, 6.07) is 25.6. The molecule has 0 saturated heterocycles. The van der Waals surface area contributed by atoms with E-state index in [0.717, 1.165) is 16.7 Å². The Hall–Kier alpha value is -3.60. The molecule has 0 fully saturated rings. The van der Waals surface area contributed by atoms with Crippen molar-refractivity contribution in [2.45, 2.75) is 31.2 Å². The van der Waals surface area contributed by atoms with E-state index in [-0.39, 0.29) is 18.9 Å². The minimum absolute atomic E-state index is 0.0274. The molecule has 31 heavy (non-hydrogen) atoms. The Morgan fingerprint density at radius 3 is 2.06 bits per heavy atom. The first-order chi connectivity index (χ1) is 15.1. The predicted molar refractivity (Wildman–Crippen MR) is 119 cm³/mol. The number of fused-ring (bicyclic) bond motifs is 3. The predicted octanol–water partition coefficient (Wildman–Crippen LogP) is 5.00. The molecule has 1 aliphatic rings. The first-order valence-electron chi connectivity index (χ1n) is 10.5. The van der Waals surface area contributed by atoms with Crippen LogP contribution in [0.3, 0.4) is 0 Å². The lowest BCUT2D eigenvalue weighted by Gasteiger charge is -2.19. The Morgan fingerprint density at radius 2 is 1.45 bits per heavy atom. The summed E-state index contributed by atoms with van der Waals surface area (Å²) < 4.78 is 5.56. The maximum Gasteiger partial charge on any atom is 0.407 e. The number of carboxylic acids is 1. The lowest BCUT2D eigenvalue weighted by molar-refractivity contribution is -0.137. The van der Waals surface area contributed by atoms with Gasteiger partial charge in [-0.3, -0.25) is 4.79 Å². The summed E-state index contributed by atoms with van der Waals surface area (Å²) in [5, 5.41) is 12.0. The van der Waals surface area contributed by atoms with Crippen LogP contribution in [0.2, 0.25) is 0 Å². The SMILES string of the molecule is O=C(O)C[C@@H](CCc1ccccc1)NC(=O)OCC1c2ccccc2-c2ccccc21. The topological polar surface area (TPSA) is 75.6 Å². The number of hydrogen-bond acceptors (Lipinski definition) is 3. The van der Waals surface area contributed by atoms with E-state index in [1.165, 1.54) is 11.1 Å². The normalized spacial score (nSPS) is 13.2. The maximum absolute atomic E-state index is 12.5. The Labute approximate surface area is 181 Å². The smallest absolute Gasteiger partial charge is 0.407 e. The quantitative estimate of drug-likeness (QED) is 0.543. The van der Waals surface area contributed by atoms with E-state index in [4.69, 9.17) is 4.74 Å². The minimum atomic E-state index is -0.947. The first-order valence-corrected chi connectivity index (χ1v) is 10.5. The van der Waals surface area contributed by atoms with Gasteiger partial charge in [0.25, 0.3) is 0 Å². The van der Waals surface area contributed by atoms with E-state index in [9.17, 15) is 14.7 Å². The second-order valence-corrected chi connectivity index (χ2v) is 7.79. The highest BCUT2D eigenvalue weighted by Crippen LogP contribution is 2.44. The second kappa shape index (κ2) is 9.47. The average molecular weight is 415 g/mol. The van der Waals surface area contributed by atoms with E-state index < -0.39 is 18.1 Å². The van der Waals surface area contributed by atoms with Gasteiger partial charge in [-0.25, -0.2) is 4.79 Å². The number of hydrogen-bond donors (Lipinski definition) is 2. The van der Waals surface area contributed by atoms with Crippen LogP contribution in [0.5, 0.6) is 0 Å². The van der Waals surface area contributed by atoms with Crippen molar-refractivity contribution < 1.29 is 19.4 Å². The fourth-order valence-corrected chi connectivity index (χ4v) is 4.23. The lowest BCUT2D eigenvalue weighted by Crippen LogP contribution is -2.37. The van der Waals surface area contributed by atoms with Crippen molar-refractivity contribution in [1.29, 1.82) is 0 Å². The number of amides is 1. The van der Waals surface area contributed by atoms with Crippen LogP contribution < -0.4 is 5.32 Å². The molecule has 1 atom stereocenters. The number of rotatable bonds is 8. The van der Waals surface area contributed by atoms with Crippen LogP contribution in [-0.4, -0.2) is 29.8 Å². The maximum atomic E-state index is 12.5. The zero-order valence-electron chi connectivity index (χ0n) is 17.2. The molecule has 2 N–H and O–H groups in total. The third-order valence-electron chi connectivity index (χ3n) is 5.71. The van der Waals surface area contributed by atoms with E-state index in [1.54, 1.807) is 0 Å². The number of nitrogens with one attached hydrogen (secondary N) is 1. The van der Waals surface area contributed by atoms with Crippen molar-refractivity contribution in [3.05, 3.63) is 95.6 Å². The fourth-order valence-electron chi connectivity index (χ4n) is 4.23. The number of alkyl carbamates (subject to hydrolysis) is 1. The monoisotopic (exact) mass is 415 g/mol. The van der Waals surface area contributed by atoms with Crippen molar-refractivity contribution >= 4 is 12.1 Å². The zero-order chi connectivity index (χ0) is 21.6. The summed E-state index contributed by atoms with van der Waals surface area (Å²) in [6.45, 7) is 0.207. The van der Waals surface area contributed by atoms with Gasteiger partial charge in [-0.1, -0.05) is 78.9 Å². The van der Waals surface area contributed by atoms with Crippen molar-refractivity contribution in [3.63, 3.8) is 0 Å². The van der Waals surface area contributed by atoms with Gasteiger partial charge < -0.3 is 15.2 Å². The van der Waals surface area contributed by atoms with Crippen LogP contribution in [0.4, 0.5) is 4.79 Å². The average Bonchev–Trinajstić information content (AvgIpc) is 3.10. The molecule has 3 aromatic rings. The molecule has 0 unspecified atom stereocenters.